The smallest absolute Gasteiger partial charge is 0.107 e. The number of nitrogens with zero attached hydrogens (tertiary/aromatic N) is 2. The van der Waals surface area contributed by atoms with Gasteiger partial charge in [-0.05, 0) is 36.8 Å². The fraction of sp³-hybridized carbons (Fsp3) is 0.529. The molecule has 2 aromatic heterocycles. The van der Waals surface area contributed by atoms with E-state index in [0.717, 1.165) is 30.1 Å². The second-order valence-corrected chi connectivity index (χ2v) is 8.19. The monoisotopic (exact) mass is 349 g/mol. The van der Waals surface area contributed by atoms with Crippen molar-refractivity contribution in [2.75, 3.05) is 12.9 Å². The van der Waals surface area contributed by atoms with Crippen LogP contribution in [0.4, 0.5) is 0 Å². The number of thioether (sulfide) groups is 1. The average molecular weight is 350 g/mol. The molecule has 0 spiro atoms. The molecule has 6 heteroatoms. The third-order valence-corrected chi connectivity index (χ3v) is 6.44. The Kier molecular flexibility index (Phi) is 5.69. The third kappa shape index (κ3) is 3.76. The molecule has 0 radical (unpaired) electrons. The minimum atomic E-state index is -0.0410. The second kappa shape index (κ2) is 7.75. The highest BCUT2D eigenvalue weighted by Crippen LogP contribution is 2.49. The largest absolute Gasteiger partial charge is 0.396 e. The third-order valence-electron chi connectivity index (χ3n) is 4.66. The quantitative estimate of drug-likeness (QED) is 0.765. The molecule has 124 valence electrons. The van der Waals surface area contributed by atoms with E-state index in [4.69, 9.17) is 0 Å². The summed E-state index contributed by atoms with van der Waals surface area (Å²) in [5.41, 5.74) is 1.16. The van der Waals surface area contributed by atoms with Gasteiger partial charge in [0.2, 0.25) is 0 Å². The highest BCUT2D eigenvalue weighted by atomic mass is 32.2. The van der Waals surface area contributed by atoms with Gasteiger partial charge in [0, 0.05) is 47.2 Å². The van der Waals surface area contributed by atoms with Gasteiger partial charge >= 0.3 is 0 Å². The van der Waals surface area contributed by atoms with Gasteiger partial charge in [-0.2, -0.15) is 11.8 Å². The number of hydrogen-bond acceptors (Lipinski definition) is 6. The number of hydrogen-bond donors (Lipinski definition) is 2. The van der Waals surface area contributed by atoms with Gasteiger partial charge in [-0.15, -0.1) is 11.3 Å². The van der Waals surface area contributed by atoms with E-state index in [1.165, 1.54) is 16.9 Å². The molecule has 1 saturated carbocycles. The van der Waals surface area contributed by atoms with Gasteiger partial charge in [0.25, 0.3) is 0 Å². The van der Waals surface area contributed by atoms with E-state index in [0.29, 0.717) is 0 Å². The van der Waals surface area contributed by atoms with Crippen LogP contribution in [0.25, 0.3) is 0 Å². The van der Waals surface area contributed by atoms with E-state index < -0.39 is 0 Å². The van der Waals surface area contributed by atoms with E-state index in [-0.39, 0.29) is 18.1 Å². The van der Waals surface area contributed by atoms with Crippen molar-refractivity contribution in [1.82, 2.24) is 15.3 Å². The number of aromatic nitrogens is 2. The normalized spacial score (nSPS) is 17.7. The van der Waals surface area contributed by atoms with E-state index in [9.17, 15) is 5.11 Å². The molecule has 1 fully saturated rings. The van der Waals surface area contributed by atoms with Crippen molar-refractivity contribution >= 4 is 23.1 Å². The molecule has 4 nitrogen and oxygen atoms in total. The zero-order valence-electron chi connectivity index (χ0n) is 13.4. The number of aliphatic hydroxyl groups is 1. The molecular weight excluding hydrogens is 326 g/mol. The number of rotatable bonds is 8. The van der Waals surface area contributed by atoms with Crippen LogP contribution in [-0.4, -0.2) is 27.9 Å². The number of nitrogens with one attached hydrogen (secondary N) is 1. The second-order valence-electron chi connectivity index (χ2n) is 6.12. The molecule has 2 heterocycles. The Balaban J connectivity index is 1.73. The van der Waals surface area contributed by atoms with Crippen molar-refractivity contribution in [2.24, 2.45) is 5.41 Å². The minimum absolute atomic E-state index is 0.0410. The van der Waals surface area contributed by atoms with Crippen LogP contribution in [0, 0.1) is 5.41 Å². The van der Waals surface area contributed by atoms with E-state index in [2.05, 4.69) is 21.5 Å². The molecular formula is C17H23N3OS2. The molecule has 1 aliphatic carbocycles. The summed E-state index contributed by atoms with van der Waals surface area (Å²) in [7, 11) is 0. The molecule has 1 atom stereocenters. The first-order chi connectivity index (χ1) is 11.3. The lowest BCUT2D eigenvalue weighted by molar-refractivity contribution is 0.00456. The number of thiazole rings is 1. The zero-order valence-corrected chi connectivity index (χ0v) is 15.0. The summed E-state index contributed by atoms with van der Waals surface area (Å²) in [6.45, 7) is 0.969. The van der Waals surface area contributed by atoms with Crippen LogP contribution in [0.3, 0.4) is 0 Å². The highest BCUT2D eigenvalue weighted by molar-refractivity contribution is 7.97. The molecule has 2 aromatic rings. The first kappa shape index (κ1) is 16.9. The van der Waals surface area contributed by atoms with Crippen molar-refractivity contribution in [2.45, 2.75) is 37.6 Å². The molecule has 0 aliphatic heterocycles. The Morgan fingerprint density at radius 1 is 1.39 bits per heavy atom. The molecule has 0 amide bonds. The summed E-state index contributed by atoms with van der Waals surface area (Å²) in [6, 6.07) is 4.25. The highest BCUT2D eigenvalue weighted by Gasteiger charge is 2.44. The fourth-order valence-electron chi connectivity index (χ4n) is 3.24. The van der Waals surface area contributed by atoms with Crippen LogP contribution >= 0.6 is 23.1 Å². The Hall–Kier alpha value is -0.950. The van der Waals surface area contributed by atoms with Gasteiger partial charge < -0.3 is 10.4 Å². The summed E-state index contributed by atoms with van der Waals surface area (Å²) < 4.78 is 0. The molecule has 2 N–H and O–H groups in total. The molecule has 1 aliphatic rings. The molecule has 0 saturated heterocycles. The van der Waals surface area contributed by atoms with Crippen molar-refractivity contribution in [3.05, 3.63) is 46.2 Å². The number of pyridine rings is 1. The van der Waals surface area contributed by atoms with Gasteiger partial charge in [0.05, 0.1) is 6.61 Å². The lowest BCUT2D eigenvalue weighted by Gasteiger charge is -2.47. The van der Waals surface area contributed by atoms with Gasteiger partial charge in [-0.3, -0.25) is 4.98 Å². The van der Waals surface area contributed by atoms with Crippen LogP contribution in [0.2, 0.25) is 0 Å². The lowest BCUT2D eigenvalue weighted by atomic mass is 9.63. The van der Waals surface area contributed by atoms with Crippen LogP contribution in [0.15, 0.2) is 30.7 Å². The topological polar surface area (TPSA) is 58.0 Å². The standard InChI is InChI=1S/C17H23N3OS2/c1-22-11-14-9-19-15(23-14)10-20-16(13-3-7-18-8-4-13)17(12-21)5-2-6-17/h3-4,7-9,16,20-21H,2,5-6,10-12H2,1H3. The molecule has 3 rings (SSSR count). The fourth-order valence-corrected chi connectivity index (χ4v) is 4.86. The summed E-state index contributed by atoms with van der Waals surface area (Å²) in [5, 5.41) is 14.7. The Morgan fingerprint density at radius 3 is 2.78 bits per heavy atom. The van der Waals surface area contributed by atoms with Gasteiger partial charge in [0.1, 0.15) is 5.01 Å². The van der Waals surface area contributed by atoms with Gasteiger partial charge in [-0.1, -0.05) is 6.42 Å². The number of aliphatic hydroxyl groups excluding tert-OH is 1. The predicted molar refractivity (Wildman–Crippen MR) is 96.5 cm³/mol. The molecule has 23 heavy (non-hydrogen) atoms. The van der Waals surface area contributed by atoms with Crippen LogP contribution in [0.1, 0.15) is 40.8 Å². The SMILES string of the molecule is CSCc1cnc(CNC(c2ccncc2)C2(CO)CCC2)s1. The Morgan fingerprint density at radius 2 is 2.17 bits per heavy atom. The van der Waals surface area contributed by atoms with E-state index in [1.54, 1.807) is 11.3 Å². The van der Waals surface area contributed by atoms with E-state index in [1.807, 2.05) is 42.5 Å². The van der Waals surface area contributed by atoms with Crippen molar-refractivity contribution in [1.29, 1.82) is 0 Å². The first-order valence-corrected chi connectivity index (χ1v) is 10.1. The minimum Gasteiger partial charge on any atom is -0.396 e. The maximum absolute atomic E-state index is 9.97. The van der Waals surface area contributed by atoms with Gasteiger partial charge in [0.15, 0.2) is 0 Å². The Bertz CT molecular complexity index is 608. The molecule has 0 aromatic carbocycles. The maximum atomic E-state index is 9.97. The molecule has 0 bridgehead atoms. The Labute approximate surface area is 145 Å². The molecule has 1 unspecified atom stereocenters. The lowest BCUT2D eigenvalue weighted by Crippen LogP contribution is -2.45. The summed E-state index contributed by atoms with van der Waals surface area (Å²) >= 11 is 3.59. The summed E-state index contributed by atoms with van der Waals surface area (Å²) in [5.74, 6) is 1.02. The van der Waals surface area contributed by atoms with Crippen LogP contribution in [0.5, 0.6) is 0 Å². The van der Waals surface area contributed by atoms with Crippen molar-refractivity contribution in [3.63, 3.8) is 0 Å². The van der Waals surface area contributed by atoms with Crippen molar-refractivity contribution < 1.29 is 5.11 Å². The van der Waals surface area contributed by atoms with Crippen molar-refractivity contribution in [3.8, 4) is 0 Å². The van der Waals surface area contributed by atoms with Gasteiger partial charge in [-0.25, -0.2) is 4.98 Å². The summed E-state index contributed by atoms with van der Waals surface area (Å²) in [4.78, 5) is 9.95. The average Bonchev–Trinajstić information content (AvgIpc) is 2.98. The first-order valence-electron chi connectivity index (χ1n) is 7.94. The summed E-state index contributed by atoms with van der Waals surface area (Å²) in [6.07, 6.45) is 11.1. The van der Waals surface area contributed by atoms with Crippen LogP contribution < -0.4 is 5.32 Å². The predicted octanol–water partition coefficient (Wildman–Crippen LogP) is 3.39. The van der Waals surface area contributed by atoms with E-state index >= 15 is 0 Å². The van der Waals surface area contributed by atoms with Crippen LogP contribution in [-0.2, 0) is 12.3 Å². The maximum Gasteiger partial charge on any atom is 0.107 e. The zero-order chi connectivity index (χ0) is 16.1.